The van der Waals surface area contributed by atoms with Crippen molar-refractivity contribution in [3.8, 4) is 0 Å². The lowest BCUT2D eigenvalue weighted by atomic mass is 9.90. The number of nitrogens with zero attached hydrogens (tertiary/aromatic N) is 2. The van der Waals surface area contributed by atoms with Gasteiger partial charge in [0.25, 0.3) is 0 Å². The molecule has 1 saturated heterocycles. The van der Waals surface area contributed by atoms with Crippen molar-refractivity contribution in [2.45, 2.75) is 70.6 Å². The molecule has 156 valence electrons. The summed E-state index contributed by atoms with van der Waals surface area (Å²) in [5, 5.41) is 0.721. The molecule has 5 nitrogen and oxygen atoms in total. The molecule has 2 fully saturated rings. The Morgan fingerprint density at radius 3 is 2.43 bits per heavy atom. The normalized spacial score (nSPS) is 24.4. The predicted molar refractivity (Wildman–Crippen MR) is 117 cm³/mol. The standard InChI is InChI=1S/C21H30ClN3O2.ClH/c1-3-27-17-6-4-15(5-7-17)24-10-8-16(9-11-24)25-20-13-18(22)14(2)12-19(20)23-21(25)26;/h12-13,15-17H,3-11H2,1-2H3,(H,23,26);1H/t15-,17-;. The number of fused-ring (bicyclic) bond motifs is 1. The summed E-state index contributed by atoms with van der Waals surface area (Å²) in [4.78, 5) is 18.2. The summed E-state index contributed by atoms with van der Waals surface area (Å²) >= 11 is 6.32. The molecule has 4 rings (SSSR count). The Kier molecular flexibility index (Phi) is 7.13. The smallest absolute Gasteiger partial charge is 0.326 e. The number of likely N-dealkylation sites (tertiary alicyclic amines) is 1. The first-order valence-electron chi connectivity index (χ1n) is 10.3. The van der Waals surface area contributed by atoms with E-state index in [0.29, 0.717) is 12.1 Å². The van der Waals surface area contributed by atoms with Gasteiger partial charge >= 0.3 is 5.69 Å². The molecule has 2 aromatic rings. The van der Waals surface area contributed by atoms with Crippen molar-refractivity contribution in [1.29, 1.82) is 0 Å². The van der Waals surface area contributed by atoms with Crippen molar-refractivity contribution >= 4 is 35.0 Å². The Labute approximate surface area is 177 Å². The molecule has 28 heavy (non-hydrogen) atoms. The molecular formula is C21H31Cl2N3O2. The van der Waals surface area contributed by atoms with E-state index in [1.165, 1.54) is 25.7 Å². The molecule has 1 aliphatic carbocycles. The van der Waals surface area contributed by atoms with Crippen molar-refractivity contribution in [3.05, 3.63) is 33.2 Å². The molecule has 1 aliphatic heterocycles. The van der Waals surface area contributed by atoms with Gasteiger partial charge in [0.15, 0.2) is 0 Å². The van der Waals surface area contributed by atoms with E-state index in [9.17, 15) is 4.79 Å². The average Bonchev–Trinajstić information content (AvgIpc) is 2.98. The number of hydrogen-bond acceptors (Lipinski definition) is 3. The van der Waals surface area contributed by atoms with Gasteiger partial charge in [-0.1, -0.05) is 11.6 Å². The average molecular weight is 428 g/mol. The summed E-state index contributed by atoms with van der Waals surface area (Å²) in [6, 6.07) is 4.84. The number of ether oxygens (including phenoxy) is 1. The first kappa shape index (κ1) is 21.7. The van der Waals surface area contributed by atoms with E-state index in [1.807, 2.05) is 23.6 Å². The van der Waals surface area contributed by atoms with Crippen LogP contribution in [0, 0.1) is 6.92 Å². The molecule has 0 bridgehead atoms. The Bertz CT molecular complexity index is 847. The zero-order valence-electron chi connectivity index (χ0n) is 16.7. The van der Waals surface area contributed by atoms with Crippen molar-refractivity contribution in [2.75, 3.05) is 19.7 Å². The second kappa shape index (κ2) is 9.21. The van der Waals surface area contributed by atoms with Gasteiger partial charge in [0.05, 0.1) is 17.1 Å². The highest BCUT2D eigenvalue weighted by atomic mass is 35.5. The van der Waals surface area contributed by atoms with E-state index in [1.54, 1.807) is 0 Å². The van der Waals surface area contributed by atoms with Crippen molar-refractivity contribution in [1.82, 2.24) is 14.5 Å². The molecule has 2 heterocycles. The maximum atomic E-state index is 12.6. The van der Waals surface area contributed by atoms with Crippen LogP contribution in [0.3, 0.4) is 0 Å². The maximum absolute atomic E-state index is 12.6. The highest BCUT2D eigenvalue weighted by molar-refractivity contribution is 6.32. The van der Waals surface area contributed by atoms with Gasteiger partial charge in [0, 0.05) is 36.8 Å². The first-order valence-corrected chi connectivity index (χ1v) is 10.7. The molecule has 2 aliphatic rings. The van der Waals surface area contributed by atoms with E-state index >= 15 is 0 Å². The number of hydrogen-bond donors (Lipinski definition) is 1. The number of benzene rings is 1. The number of imidazole rings is 1. The van der Waals surface area contributed by atoms with E-state index in [0.717, 1.165) is 54.2 Å². The topological polar surface area (TPSA) is 50.3 Å². The van der Waals surface area contributed by atoms with Crippen LogP contribution in [-0.4, -0.2) is 46.3 Å². The molecule has 0 radical (unpaired) electrons. The fourth-order valence-corrected chi connectivity index (χ4v) is 5.10. The zero-order chi connectivity index (χ0) is 19.0. The highest BCUT2D eigenvalue weighted by Crippen LogP contribution is 2.31. The summed E-state index contributed by atoms with van der Waals surface area (Å²) in [6.07, 6.45) is 7.32. The van der Waals surface area contributed by atoms with Crippen LogP contribution in [0.1, 0.15) is 57.1 Å². The number of halogens is 2. The fraction of sp³-hybridized carbons (Fsp3) is 0.667. The van der Waals surface area contributed by atoms with Crippen molar-refractivity contribution in [2.24, 2.45) is 0 Å². The molecule has 0 spiro atoms. The van der Waals surface area contributed by atoms with Gasteiger partial charge in [-0.15, -0.1) is 12.4 Å². The lowest BCUT2D eigenvalue weighted by Crippen LogP contribution is -2.45. The van der Waals surface area contributed by atoms with Gasteiger partial charge in [0.1, 0.15) is 0 Å². The number of nitrogens with one attached hydrogen (secondary N) is 1. The van der Waals surface area contributed by atoms with E-state index in [-0.39, 0.29) is 24.1 Å². The lowest BCUT2D eigenvalue weighted by Gasteiger charge is -2.40. The lowest BCUT2D eigenvalue weighted by molar-refractivity contribution is 0.00796. The molecule has 1 aromatic carbocycles. The van der Waals surface area contributed by atoms with Gasteiger partial charge < -0.3 is 14.6 Å². The molecular weight excluding hydrogens is 397 g/mol. The predicted octanol–water partition coefficient (Wildman–Crippen LogP) is 4.70. The van der Waals surface area contributed by atoms with E-state index < -0.39 is 0 Å². The zero-order valence-corrected chi connectivity index (χ0v) is 18.3. The number of rotatable bonds is 4. The van der Waals surface area contributed by atoms with Gasteiger partial charge in [0.2, 0.25) is 0 Å². The van der Waals surface area contributed by atoms with Crippen LogP contribution in [0.2, 0.25) is 5.02 Å². The molecule has 0 atom stereocenters. The van der Waals surface area contributed by atoms with Crippen LogP contribution in [0.15, 0.2) is 16.9 Å². The van der Waals surface area contributed by atoms with Crippen LogP contribution in [0.25, 0.3) is 11.0 Å². The summed E-state index contributed by atoms with van der Waals surface area (Å²) in [5.74, 6) is 0. The third-order valence-corrected chi connectivity index (χ3v) is 6.83. The second-order valence-corrected chi connectivity index (χ2v) is 8.48. The molecule has 0 amide bonds. The number of aromatic amines is 1. The number of H-pyrrole nitrogens is 1. The molecule has 1 N–H and O–H groups in total. The number of piperidine rings is 1. The van der Waals surface area contributed by atoms with Crippen molar-refractivity contribution in [3.63, 3.8) is 0 Å². The van der Waals surface area contributed by atoms with Crippen LogP contribution in [0.5, 0.6) is 0 Å². The van der Waals surface area contributed by atoms with Crippen LogP contribution in [0.4, 0.5) is 0 Å². The minimum Gasteiger partial charge on any atom is -0.379 e. The summed E-state index contributed by atoms with van der Waals surface area (Å²) < 4.78 is 7.72. The SMILES string of the molecule is CCO[C@H]1CC[C@H](N2CCC(n3c(=O)[nH]c4cc(C)c(Cl)cc43)CC2)CC1.Cl. The number of aryl methyl sites for hydroxylation is 1. The quantitative estimate of drug-likeness (QED) is 0.768. The van der Waals surface area contributed by atoms with Gasteiger partial charge in [-0.25, -0.2) is 4.79 Å². The Hall–Kier alpha value is -1.01. The minimum atomic E-state index is -0.0117. The third-order valence-electron chi connectivity index (χ3n) is 6.42. The van der Waals surface area contributed by atoms with E-state index in [4.69, 9.17) is 16.3 Å². The molecule has 1 aromatic heterocycles. The maximum Gasteiger partial charge on any atom is 0.326 e. The largest absolute Gasteiger partial charge is 0.379 e. The molecule has 0 unspecified atom stereocenters. The van der Waals surface area contributed by atoms with E-state index in [2.05, 4.69) is 16.8 Å². The van der Waals surface area contributed by atoms with Crippen LogP contribution in [-0.2, 0) is 4.74 Å². The van der Waals surface area contributed by atoms with Crippen molar-refractivity contribution < 1.29 is 4.74 Å². The summed E-state index contributed by atoms with van der Waals surface area (Å²) in [6.45, 7) is 7.00. The Morgan fingerprint density at radius 2 is 1.79 bits per heavy atom. The van der Waals surface area contributed by atoms with Gasteiger partial charge in [-0.05, 0) is 70.1 Å². The monoisotopic (exact) mass is 427 g/mol. The summed E-state index contributed by atoms with van der Waals surface area (Å²) in [5.41, 5.74) is 2.81. The first-order chi connectivity index (χ1) is 13.1. The van der Waals surface area contributed by atoms with Gasteiger partial charge in [-0.2, -0.15) is 0 Å². The molecule has 7 heteroatoms. The Morgan fingerprint density at radius 1 is 1.11 bits per heavy atom. The molecule has 1 saturated carbocycles. The van der Waals surface area contributed by atoms with Crippen LogP contribution < -0.4 is 5.69 Å². The fourth-order valence-electron chi connectivity index (χ4n) is 4.94. The van der Waals surface area contributed by atoms with Gasteiger partial charge in [-0.3, -0.25) is 4.57 Å². The second-order valence-electron chi connectivity index (χ2n) is 8.07. The minimum absolute atomic E-state index is 0. The third kappa shape index (κ3) is 4.28. The number of aromatic nitrogens is 2. The highest BCUT2D eigenvalue weighted by Gasteiger charge is 2.30. The Balaban J connectivity index is 0.00000225. The van der Waals surface area contributed by atoms with Crippen LogP contribution >= 0.6 is 24.0 Å². The summed E-state index contributed by atoms with van der Waals surface area (Å²) in [7, 11) is 0.